The molecule has 1 amide bonds. The zero-order valence-electron chi connectivity index (χ0n) is 11.2. The third kappa shape index (κ3) is 3.50. The van der Waals surface area contributed by atoms with Crippen LogP contribution in [0.25, 0.3) is 0 Å². The maximum absolute atomic E-state index is 12.2. The highest BCUT2D eigenvalue weighted by Crippen LogP contribution is 2.24. The summed E-state index contributed by atoms with van der Waals surface area (Å²) in [5, 5.41) is 3.27. The van der Waals surface area contributed by atoms with Crippen LogP contribution in [0.2, 0.25) is 10.3 Å². The number of aromatic nitrogens is 1. The Labute approximate surface area is 127 Å². The van der Waals surface area contributed by atoms with Crippen LogP contribution in [0, 0.1) is 0 Å². The van der Waals surface area contributed by atoms with Crippen molar-refractivity contribution < 1.29 is 4.79 Å². The van der Waals surface area contributed by atoms with Crippen LogP contribution in [0.15, 0.2) is 36.4 Å². The fourth-order valence-electron chi connectivity index (χ4n) is 1.90. The van der Waals surface area contributed by atoms with Gasteiger partial charge in [-0.3, -0.25) is 4.79 Å². The monoisotopic (exact) mass is 308 g/mol. The van der Waals surface area contributed by atoms with Crippen molar-refractivity contribution in [3.63, 3.8) is 0 Å². The normalized spacial score (nSPS) is 10.7. The lowest BCUT2D eigenvalue weighted by Gasteiger charge is -2.13. The minimum absolute atomic E-state index is 0.194. The number of halogens is 2. The molecule has 2 rings (SSSR count). The van der Waals surface area contributed by atoms with Crippen molar-refractivity contribution >= 4 is 34.8 Å². The van der Waals surface area contributed by atoms with Crippen molar-refractivity contribution in [1.29, 1.82) is 0 Å². The molecule has 0 aliphatic heterocycles. The van der Waals surface area contributed by atoms with Gasteiger partial charge in [0.15, 0.2) is 0 Å². The van der Waals surface area contributed by atoms with Gasteiger partial charge < -0.3 is 5.32 Å². The zero-order valence-corrected chi connectivity index (χ0v) is 12.7. The van der Waals surface area contributed by atoms with Crippen LogP contribution in [0.3, 0.4) is 0 Å². The van der Waals surface area contributed by atoms with Crippen LogP contribution >= 0.6 is 23.2 Å². The second kappa shape index (κ2) is 6.25. The number of nitrogens with zero attached hydrogens (tertiary/aromatic N) is 1. The predicted octanol–water partition coefficient (Wildman–Crippen LogP) is 4.76. The molecular weight excluding hydrogens is 295 g/mol. The first kappa shape index (κ1) is 14.8. The Hall–Kier alpha value is -1.58. The molecule has 20 heavy (non-hydrogen) atoms. The van der Waals surface area contributed by atoms with E-state index in [2.05, 4.69) is 24.1 Å². The van der Waals surface area contributed by atoms with Crippen molar-refractivity contribution in [2.75, 3.05) is 5.32 Å². The van der Waals surface area contributed by atoms with Crippen LogP contribution in [-0.2, 0) is 0 Å². The Morgan fingerprint density at radius 3 is 2.35 bits per heavy atom. The maximum Gasteiger partial charge on any atom is 0.255 e. The van der Waals surface area contributed by atoms with Gasteiger partial charge in [0.2, 0.25) is 0 Å². The molecule has 0 aliphatic carbocycles. The van der Waals surface area contributed by atoms with Crippen molar-refractivity contribution in [3.05, 3.63) is 57.8 Å². The number of para-hydroxylation sites is 1. The molecular formula is C15H14Cl2N2O. The standard InChI is InChI=1S/C15H14Cl2N2O/c1-9(2)11-5-3-4-6-12(11)18-15(20)10-7-13(16)19-14(17)8-10/h3-9H,1-2H3,(H,18,20). The largest absolute Gasteiger partial charge is 0.322 e. The van der Waals surface area contributed by atoms with Gasteiger partial charge in [-0.25, -0.2) is 4.98 Å². The van der Waals surface area contributed by atoms with Crippen LogP contribution in [0.4, 0.5) is 5.69 Å². The highest BCUT2D eigenvalue weighted by Gasteiger charge is 2.12. The molecule has 104 valence electrons. The second-order valence-corrected chi connectivity index (χ2v) is 5.47. The molecule has 1 heterocycles. The van der Waals surface area contributed by atoms with E-state index in [0.717, 1.165) is 11.3 Å². The van der Waals surface area contributed by atoms with E-state index in [1.54, 1.807) is 0 Å². The van der Waals surface area contributed by atoms with Gasteiger partial charge in [0.25, 0.3) is 5.91 Å². The number of rotatable bonds is 3. The number of hydrogen-bond acceptors (Lipinski definition) is 2. The molecule has 3 nitrogen and oxygen atoms in total. The summed E-state index contributed by atoms with van der Waals surface area (Å²) in [4.78, 5) is 16.1. The summed E-state index contributed by atoms with van der Waals surface area (Å²) in [5.74, 6) is 0.0559. The molecule has 0 spiro atoms. The van der Waals surface area contributed by atoms with Crippen molar-refractivity contribution in [1.82, 2.24) is 4.98 Å². The van der Waals surface area contributed by atoms with E-state index in [0.29, 0.717) is 11.5 Å². The van der Waals surface area contributed by atoms with Gasteiger partial charge in [-0.15, -0.1) is 0 Å². The van der Waals surface area contributed by atoms with Crippen LogP contribution in [0.1, 0.15) is 35.7 Å². The molecule has 2 aromatic rings. The predicted molar refractivity (Wildman–Crippen MR) is 82.7 cm³/mol. The first-order chi connectivity index (χ1) is 9.47. The fraction of sp³-hybridized carbons (Fsp3) is 0.200. The molecule has 1 aromatic carbocycles. The van der Waals surface area contributed by atoms with Crippen molar-refractivity contribution in [2.24, 2.45) is 0 Å². The highest BCUT2D eigenvalue weighted by molar-refractivity contribution is 6.33. The lowest BCUT2D eigenvalue weighted by molar-refractivity contribution is 0.102. The zero-order chi connectivity index (χ0) is 14.7. The van der Waals surface area contributed by atoms with Gasteiger partial charge in [0.1, 0.15) is 10.3 Å². The number of carbonyl (C=O) groups is 1. The number of benzene rings is 1. The first-order valence-corrected chi connectivity index (χ1v) is 6.96. The van der Waals surface area contributed by atoms with E-state index in [9.17, 15) is 4.79 Å². The average Bonchev–Trinajstić information content (AvgIpc) is 2.37. The number of carbonyl (C=O) groups excluding carboxylic acids is 1. The smallest absolute Gasteiger partial charge is 0.255 e. The van der Waals surface area contributed by atoms with Gasteiger partial charge in [-0.2, -0.15) is 0 Å². The molecule has 0 unspecified atom stereocenters. The Morgan fingerprint density at radius 1 is 1.15 bits per heavy atom. The molecule has 0 aliphatic rings. The van der Waals surface area contributed by atoms with Crippen molar-refractivity contribution in [2.45, 2.75) is 19.8 Å². The summed E-state index contributed by atoms with van der Waals surface area (Å²) in [7, 11) is 0. The Balaban J connectivity index is 2.28. The van der Waals surface area contributed by atoms with Gasteiger partial charge in [-0.1, -0.05) is 55.2 Å². The number of nitrogens with one attached hydrogen (secondary N) is 1. The molecule has 1 N–H and O–H groups in total. The van der Waals surface area contributed by atoms with E-state index < -0.39 is 0 Å². The summed E-state index contributed by atoms with van der Waals surface area (Å²) >= 11 is 11.6. The third-order valence-corrected chi connectivity index (χ3v) is 3.24. The molecule has 0 saturated heterocycles. The number of hydrogen-bond donors (Lipinski definition) is 1. The molecule has 0 bridgehead atoms. The maximum atomic E-state index is 12.2. The van der Waals surface area contributed by atoms with Crippen molar-refractivity contribution in [3.8, 4) is 0 Å². The molecule has 0 radical (unpaired) electrons. The summed E-state index contributed by atoms with van der Waals surface area (Å²) in [5.41, 5.74) is 2.25. The SMILES string of the molecule is CC(C)c1ccccc1NC(=O)c1cc(Cl)nc(Cl)c1. The fourth-order valence-corrected chi connectivity index (χ4v) is 2.37. The first-order valence-electron chi connectivity index (χ1n) is 6.20. The highest BCUT2D eigenvalue weighted by atomic mass is 35.5. The quantitative estimate of drug-likeness (QED) is 0.830. The van der Waals surface area contributed by atoms with Gasteiger partial charge in [0.05, 0.1) is 0 Å². The molecule has 0 saturated carbocycles. The topological polar surface area (TPSA) is 42.0 Å². The van der Waals surface area contributed by atoms with E-state index >= 15 is 0 Å². The second-order valence-electron chi connectivity index (χ2n) is 4.70. The molecule has 0 atom stereocenters. The van der Waals surface area contributed by atoms with E-state index in [4.69, 9.17) is 23.2 Å². The summed E-state index contributed by atoms with van der Waals surface area (Å²) in [6.07, 6.45) is 0. The molecule has 0 fully saturated rings. The Morgan fingerprint density at radius 2 is 1.75 bits per heavy atom. The number of anilines is 1. The minimum Gasteiger partial charge on any atom is -0.322 e. The van der Waals surface area contributed by atoms with Crippen LogP contribution in [0.5, 0.6) is 0 Å². The number of pyridine rings is 1. The lowest BCUT2D eigenvalue weighted by atomic mass is 10.0. The van der Waals surface area contributed by atoms with Crippen LogP contribution < -0.4 is 5.32 Å². The van der Waals surface area contributed by atoms with E-state index in [1.165, 1.54) is 12.1 Å². The van der Waals surface area contributed by atoms with E-state index in [1.807, 2.05) is 24.3 Å². The molecule has 1 aromatic heterocycles. The summed E-state index contributed by atoms with van der Waals surface area (Å²) in [6, 6.07) is 10.7. The third-order valence-electron chi connectivity index (χ3n) is 2.86. The Kier molecular flexibility index (Phi) is 4.63. The minimum atomic E-state index is -0.260. The lowest BCUT2D eigenvalue weighted by Crippen LogP contribution is -2.14. The summed E-state index contributed by atoms with van der Waals surface area (Å²) in [6.45, 7) is 4.15. The van der Waals surface area contributed by atoms with Gasteiger partial charge >= 0.3 is 0 Å². The van der Waals surface area contributed by atoms with Gasteiger partial charge in [0, 0.05) is 11.3 Å². The number of amides is 1. The summed E-state index contributed by atoms with van der Waals surface area (Å²) < 4.78 is 0. The average molecular weight is 309 g/mol. The van der Waals surface area contributed by atoms with E-state index in [-0.39, 0.29) is 16.2 Å². The van der Waals surface area contributed by atoms with Gasteiger partial charge in [-0.05, 0) is 29.7 Å². The Bertz CT molecular complexity index is 621. The molecule has 5 heteroatoms. The van der Waals surface area contributed by atoms with Crippen LogP contribution in [-0.4, -0.2) is 10.9 Å².